The number of aliphatic hydroxyl groups excluding tert-OH is 1. The van der Waals surface area contributed by atoms with Crippen LogP contribution in [0.4, 0.5) is 5.82 Å². The summed E-state index contributed by atoms with van der Waals surface area (Å²) in [6.07, 6.45) is 2.62. The van der Waals surface area contributed by atoms with Crippen molar-refractivity contribution in [2.24, 2.45) is 0 Å². The quantitative estimate of drug-likeness (QED) is 0.717. The van der Waals surface area contributed by atoms with Gasteiger partial charge in [0.25, 0.3) is 0 Å². The van der Waals surface area contributed by atoms with Crippen LogP contribution in [0.3, 0.4) is 0 Å². The van der Waals surface area contributed by atoms with Crippen LogP contribution in [0.2, 0.25) is 0 Å². The van der Waals surface area contributed by atoms with Gasteiger partial charge in [0.15, 0.2) is 5.82 Å². The van der Waals surface area contributed by atoms with Crippen molar-refractivity contribution in [2.75, 3.05) is 19.0 Å². The first-order valence-electron chi connectivity index (χ1n) is 7.98. The molecule has 0 aliphatic rings. The molecule has 130 valence electrons. The second-order valence-electron chi connectivity index (χ2n) is 5.77. The number of aromatic nitrogens is 4. The van der Waals surface area contributed by atoms with Gasteiger partial charge in [-0.1, -0.05) is 12.1 Å². The SMILES string of the molecule is COc1ccc(C(O)CNc2cncc(-n3nc(C)cc3C)n2)cc1. The molecule has 0 saturated heterocycles. The molecular weight excluding hydrogens is 318 g/mol. The molecule has 7 nitrogen and oxygen atoms in total. The van der Waals surface area contributed by atoms with Gasteiger partial charge in [0, 0.05) is 12.2 Å². The number of hydrogen-bond acceptors (Lipinski definition) is 6. The Hall–Kier alpha value is -2.93. The summed E-state index contributed by atoms with van der Waals surface area (Å²) in [5, 5.41) is 17.8. The Balaban J connectivity index is 1.68. The van der Waals surface area contributed by atoms with Crippen molar-refractivity contribution < 1.29 is 9.84 Å². The molecule has 3 aromatic rings. The number of anilines is 1. The molecule has 25 heavy (non-hydrogen) atoms. The smallest absolute Gasteiger partial charge is 0.174 e. The maximum Gasteiger partial charge on any atom is 0.174 e. The lowest BCUT2D eigenvalue weighted by Crippen LogP contribution is -2.14. The van der Waals surface area contributed by atoms with Crippen LogP contribution in [0.1, 0.15) is 23.1 Å². The number of rotatable bonds is 6. The number of benzene rings is 1. The molecular formula is C18H21N5O2. The third-order valence-corrected chi connectivity index (χ3v) is 3.83. The van der Waals surface area contributed by atoms with Crippen LogP contribution >= 0.6 is 0 Å². The fraction of sp³-hybridized carbons (Fsp3) is 0.278. The van der Waals surface area contributed by atoms with Crippen molar-refractivity contribution in [1.29, 1.82) is 0 Å². The summed E-state index contributed by atoms with van der Waals surface area (Å²) in [4.78, 5) is 8.71. The Morgan fingerprint density at radius 2 is 1.96 bits per heavy atom. The van der Waals surface area contributed by atoms with Gasteiger partial charge < -0.3 is 15.2 Å². The molecule has 0 aliphatic heterocycles. The van der Waals surface area contributed by atoms with Crippen molar-refractivity contribution in [2.45, 2.75) is 20.0 Å². The summed E-state index contributed by atoms with van der Waals surface area (Å²) in [5.74, 6) is 1.97. The normalized spacial score (nSPS) is 12.0. The van der Waals surface area contributed by atoms with E-state index in [2.05, 4.69) is 20.4 Å². The van der Waals surface area contributed by atoms with Crippen molar-refractivity contribution in [3.63, 3.8) is 0 Å². The first-order valence-corrected chi connectivity index (χ1v) is 7.98. The van der Waals surface area contributed by atoms with Crippen molar-refractivity contribution in [3.05, 3.63) is 59.7 Å². The van der Waals surface area contributed by atoms with Gasteiger partial charge in [0.05, 0.1) is 31.3 Å². The van der Waals surface area contributed by atoms with E-state index in [1.807, 2.05) is 44.2 Å². The van der Waals surface area contributed by atoms with Gasteiger partial charge >= 0.3 is 0 Å². The van der Waals surface area contributed by atoms with Crippen LogP contribution in [0.15, 0.2) is 42.7 Å². The van der Waals surface area contributed by atoms with Crippen LogP contribution in [0.5, 0.6) is 5.75 Å². The molecule has 0 fully saturated rings. The summed E-state index contributed by atoms with van der Waals surface area (Å²) < 4.78 is 6.86. The van der Waals surface area contributed by atoms with Gasteiger partial charge in [-0.2, -0.15) is 5.10 Å². The summed E-state index contributed by atoms with van der Waals surface area (Å²) in [6.45, 7) is 4.22. The van der Waals surface area contributed by atoms with Gasteiger partial charge in [-0.25, -0.2) is 9.67 Å². The number of nitrogens with one attached hydrogen (secondary N) is 1. The van der Waals surface area contributed by atoms with Crippen molar-refractivity contribution in [1.82, 2.24) is 19.7 Å². The lowest BCUT2D eigenvalue weighted by molar-refractivity contribution is 0.191. The summed E-state index contributed by atoms with van der Waals surface area (Å²) >= 11 is 0. The first kappa shape index (κ1) is 16.9. The molecule has 1 unspecified atom stereocenters. The minimum atomic E-state index is -0.662. The van der Waals surface area contributed by atoms with Crippen LogP contribution in [0.25, 0.3) is 5.82 Å². The first-order chi connectivity index (χ1) is 12.1. The van der Waals surface area contributed by atoms with Crippen LogP contribution < -0.4 is 10.1 Å². The second kappa shape index (κ2) is 7.31. The fourth-order valence-corrected chi connectivity index (χ4v) is 2.55. The van der Waals surface area contributed by atoms with E-state index >= 15 is 0 Å². The molecule has 2 heterocycles. The van der Waals surface area contributed by atoms with Gasteiger partial charge in [0.1, 0.15) is 11.6 Å². The number of aliphatic hydroxyl groups is 1. The molecule has 2 aromatic heterocycles. The maximum absolute atomic E-state index is 10.3. The van der Waals surface area contributed by atoms with Gasteiger partial charge in [-0.05, 0) is 37.6 Å². The number of ether oxygens (including phenoxy) is 1. The third kappa shape index (κ3) is 3.95. The Labute approximate surface area is 146 Å². The van der Waals surface area contributed by atoms with Gasteiger partial charge in [-0.3, -0.25) is 4.98 Å². The van der Waals surface area contributed by atoms with E-state index in [0.717, 1.165) is 22.7 Å². The molecule has 0 amide bonds. The van der Waals surface area contributed by atoms with E-state index in [1.165, 1.54) is 0 Å². The molecule has 3 rings (SSSR count). The summed E-state index contributed by atoms with van der Waals surface area (Å²) in [6, 6.07) is 9.30. The van der Waals surface area contributed by atoms with Crippen molar-refractivity contribution in [3.8, 4) is 11.6 Å². The largest absolute Gasteiger partial charge is 0.497 e. The summed E-state index contributed by atoms with van der Waals surface area (Å²) in [7, 11) is 1.61. The van der Waals surface area contributed by atoms with Gasteiger partial charge in [0.2, 0.25) is 0 Å². The molecule has 0 radical (unpaired) electrons. The third-order valence-electron chi connectivity index (χ3n) is 3.83. The Morgan fingerprint density at radius 3 is 2.60 bits per heavy atom. The van der Waals surface area contributed by atoms with E-state index in [1.54, 1.807) is 24.2 Å². The molecule has 1 aromatic carbocycles. The standard InChI is InChI=1S/C18H21N5O2/c1-12-8-13(2)23(22-12)18-11-19-10-17(21-18)20-9-16(24)14-4-6-15(25-3)7-5-14/h4-8,10-11,16,24H,9H2,1-3H3,(H,20,21). The molecule has 0 bridgehead atoms. The Kier molecular flexibility index (Phi) is 4.95. The molecule has 0 saturated carbocycles. The van der Waals surface area contributed by atoms with Crippen LogP contribution in [-0.4, -0.2) is 38.5 Å². The number of aryl methyl sites for hydroxylation is 2. The molecule has 1 atom stereocenters. The van der Waals surface area contributed by atoms with Crippen LogP contribution in [0, 0.1) is 13.8 Å². The number of methoxy groups -OCH3 is 1. The lowest BCUT2D eigenvalue weighted by Gasteiger charge is -2.13. The number of hydrogen-bond donors (Lipinski definition) is 2. The second-order valence-corrected chi connectivity index (χ2v) is 5.77. The predicted octanol–water partition coefficient (Wildman–Crippen LogP) is 2.43. The maximum atomic E-state index is 10.3. The fourth-order valence-electron chi connectivity index (χ4n) is 2.55. The zero-order valence-electron chi connectivity index (χ0n) is 14.5. The van der Waals surface area contributed by atoms with Gasteiger partial charge in [-0.15, -0.1) is 0 Å². The average Bonchev–Trinajstić information content (AvgIpc) is 2.98. The number of nitrogens with zero attached hydrogens (tertiary/aromatic N) is 4. The van der Waals surface area contributed by atoms with Crippen molar-refractivity contribution >= 4 is 5.82 Å². The highest BCUT2D eigenvalue weighted by molar-refractivity contribution is 5.37. The van der Waals surface area contributed by atoms with E-state index in [-0.39, 0.29) is 0 Å². The Morgan fingerprint density at radius 1 is 1.20 bits per heavy atom. The zero-order valence-corrected chi connectivity index (χ0v) is 14.5. The molecule has 0 spiro atoms. The summed E-state index contributed by atoms with van der Waals surface area (Å²) in [5.41, 5.74) is 2.71. The highest BCUT2D eigenvalue weighted by atomic mass is 16.5. The van der Waals surface area contributed by atoms with E-state index < -0.39 is 6.10 Å². The highest BCUT2D eigenvalue weighted by Gasteiger charge is 2.10. The van der Waals surface area contributed by atoms with E-state index in [0.29, 0.717) is 18.2 Å². The molecule has 2 N–H and O–H groups in total. The van der Waals surface area contributed by atoms with E-state index in [4.69, 9.17) is 4.74 Å². The predicted molar refractivity (Wildman–Crippen MR) is 95.1 cm³/mol. The Bertz CT molecular complexity index is 845. The monoisotopic (exact) mass is 339 g/mol. The lowest BCUT2D eigenvalue weighted by atomic mass is 10.1. The van der Waals surface area contributed by atoms with Crippen LogP contribution in [-0.2, 0) is 0 Å². The minimum Gasteiger partial charge on any atom is -0.497 e. The topological polar surface area (TPSA) is 85.1 Å². The molecule has 7 heteroatoms. The van der Waals surface area contributed by atoms with E-state index in [9.17, 15) is 5.11 Å². The average molecular weight is 339 g/mol. The zero-order chi connectivity index (χ0) is 17.8. The highest BCUT2D eigenvalue weighted by Crippen LogP contribution is 2.18. The minimum absolute atomic E-state index is 0.321. The molecule has 0 aliphatic carbocycles.